The average Bonchev–Trinajstić information content (AvgIpc) is 2.35. The first-order valence-electron chi connectivity index (χ1n) is 3.98. The number of thiazole rings is 1. The van der Waals surface area contributed by atoms with Gasteiger partial charge in [0, 0.05) is 11.9 Å². The zero-order valence-electron chi connectivity index (χ0n) is 7.72. The first-order chi connectivity index (χ1) is 5.68. The highest BCUT2D eigenvalue weighted by Crippen LogP contribution is 2.13. The van der Waals surface area contributed by atoms with Crippen molar-refractivity contribution in [2.75, 3.05) is 11.9 Å². The fourth-order valence-electron chi connectivity index (χ4n) is 0.778. The molecular formula is C9H14N2S. The molecule has 0 saturated carbocycles. The standard InChI is InChI=1S/C9H14N2S/c1-7(2)4-5-10-9-11-8(3)6-12-9/h4,6H,5H2,1-3H3,(H,10,11). The molecule has 1 heterocycles. The fraction of sp³-hybridized carbons (Fsp3) is 0.444. The number of hydrogen-bond donors (Lipinski definition) is 1. The van der Waals surface area contributed by atoms with Crippen LogP contribution in [-0.2, 0) is 0 Å². The van der Waals surface area contributed by atoms with Crippen molar-refractivity contribution in [3.63, 3.8) is 0 Å². The van der Waals surface area contributed by atoms with E-state index in [4.69, 9.17) is 0 Å². The Morgan fingerprint density at radius 2 is 2.42 bits per heavy atom. The molecule has 0 amide bonds. The Balaban J connectivity index is 2.38. The number of rotatable bonds is 3. The lowest BCUT2D eigenvalue weighted by Crippen LogP contribution is -1.97. The van der Waals surface area contributed by atoms with E-state index in [1.165, 1.54) is 5.57 Å². The molecule has 3 heteroatoms. The van der Waals surface area contributed by atoms with Crippen LogP contribution in [0.15, 0.2) is 17.0 Å². The molecule has 0 spiro atoms. The van der Waals surface area contributed by atoms with E-state index in [-0.39, 0.29) is 0 Å². The van der Waals surface area contributed by atoms with Crippen molar-refractivity contribution in [2.45, 2.75) is 20.8 Å². The number of nitrogens with zero attached hydrogens (tertiary/aromatic N) is 1. The van der Waals surface area contributed by atoms with Gasteiger partial charge in [-0.25, -0.2) is 4.98 Å². The molecule has 66 valence electrons. The van der Waals surface area contributed by atoms with Crippen molar-refractivity contribution in [1.82, 2.24) is 4.98 Å². The Labute approximate surface area is 77.3 Å². The van der Waals surface area contributed by atoms with Crippen LogP contribution < -0.4 is 5.32 Å². The molecule has 0 aliphatic carbocycles. The summed E-state index contributed by atoms with van der Waals surface area (Å²) in [6, 6.07) is 0. The third kappa shape index (κ3) is 3.05. The first-order valence-corrected chi connectivity index (χ1v) is 4.86. The van der Waals surface area contributed by atoms with Crippen LogP contribution in [0.2, 0.25) is 0 Å². The summed E-state index contributed by atoms with van der Waals surface area (Å²) in [6.45, 7) is 7.06. The molecule has 0 aliphatic rings. The van der Waals surface area contributed by atoms with Crippen molar-refractivity contribution in [3.05, 3.63) is 22.7 Å². The molecule has 1 N–H and O–H groups in total. The molecule has 0 atom stereocenters. The molecule has 2 nitrogen and oxygen atoms in total. The van der Waals surface area contributed by atoms with E-state index >= 15 is 0 Å². The van der Waals surface area contributed by atoms with E-state index in [1.54, 1.807) is 11.3 Å². The second kappa shape index (κ2) is 4.26. The zero-order valence-corrected chi connectivity index (χ0v) is 8.53. The zero-order chi connectivity index (χ0) is 8.97. The molecule has 0 saturated heterocycles. The van der Waals surface area contributed by atoms with Gasteiger partial charge in [-0.3, -0.25) is 0 Å². The molecule has 0 bridgehead atoms. The molecule has 0 unspecified atom stereocenters. The van der Waals surface area contributed by atoms with E-state index in [9.17, 15) is 0 Å². The molecule has 1 aromatic rings. The van der Waals surface area contributed by atoms with Gasteiger partial charge >= 0.3 is 0 Å². The van der Waals surface area contributed by atoms with Crippen LogP contribution >= 0.6 is 11.3 Å². The number of allylic oxidation sites excluding steroid dienone is 1. The Kier molecular flexibility index (Phi) is 3.29. The maximum atomic E-state index is 4.29. The van der Waals surface area contributed by atoms with Gasteiger partial charge in [0.2, 0.25) is 0 Å². The molecule has 12 heavy (non-hydrogen) atoms. The van der Waals surface area contributed by atoms with Crippen LogP contribution in [0.5, 0.6) is 0 Å². The highest BCUT2D eigenvalue weighted by Gasteiger charge is 1.94. The van der Waals surface area contributed by atoms with E-state index in [0.29, 0.717) is 0 Å². The Morgan fingerprint density at radius 3 is 2.92 bits per heavy atom. The predicted molar refractivity (Wildman–Crippen MR) is 54.8 cm³/mol. The highest BCUT2D eigenvalue weighted by atomic mass is 32.1. The molecule has 0 radical (unpaired) electrons. The normalized spacial score (nSPS) is 9.58. The minimum Gasteiger partial charge on any atom is -0.358 e. The quantitative estimate of drug-likeness (QED) is 0.727. The molecule has 0 aromatic carbocycles. The summed E-state index contributed by atoms with van der Waals surface area (Å²) in [5.41, 5.74) is 2.41. The topological polar surface area (TPSA) is 24.9 Å². The summed E-state index contributed by atoms with van der Waals surface area (Å²) in [5, 5.41) is 6.28. The molecule has 1 rings (SSSR count). The van der Waals surface area contributed by atoms with E-state index in [1.807, 2.05) is 12.3 Å². The summed E-state index contributed by atoms with van der Waals surface area (Å²) in [6.07, 6.45) is 2.15. The van der Waals surface area contributed by atoms with Crippen LogP contribution in [0.3, 0.4) is 0 Å². The third-order valence-electron chi connectivity index (χ3n) is 1.38. The van der Waals surface area contributed by atoms with Crippen LogP contribution in [0.25, 0.3) is 0 Å². The van der Waals surface area contributed by atoms with Crippen LogP contribution in [0, 0.1) is 6.92 Å². The molecule has 0 aliphatic heterocycles. The van der Waals surface area contributed by atoms with Crippen molar-refractivity contribution < 1.29 is 0 Å². The number of anilines is 1. The van der Waals surface area contributed by atoms with E-state index < -0.39 is 0 Å². The predicted octanol–water partition coefficient (Wildman–Crippen LogP) is 2.83. The third-order valence-corrected chi connectivity index (χ3v) is 2.30. The van der Waals surface area contributed by atoms with Crippen molar-refractivity contribution in [3.8, 4) is 0 Å². The van der Waals surface area contributed by atoms with Gasteiger partial charge in [-0.05, 0) is 20.8 Å². The average molecular weight is 182 g/mol. The van der Waals surface area contributed by atoms with Crippen molar-refractivity contribution in [2.24, 2.45) is 0 Å². The summed E-state index contributed by atoms with van der Waals surface area (Å²) in [7, 11) is 0. The number of aryl methyl sites for hydroxylation is 1. The van der Waals surface area contributed by atoms with Gasteiger partial charge in [0.25, 0.3) is 0 Å². The van der Waals surface area contributed by atoms with Gasteiger partial charge in [-0.15, -0.1) is 11.3 Å². The van der Waals surface area contributed by atoms with Gasteiger partial charge in [-0.2, -0.15) is 0 Å². The Bertz CT molecular complexity index is 272. The highest BCUT2D eigenvalue weighted by molar-refractivity contribution is 7.13. The van der Waals surface area contributed by atoms with Gasteiger partial charge in [0.15, 0.2) is 5.13 Å². The lowest BCUT2D eigenvalue weighted by atomic mass is 10.3. The fourth-order valence-corrected chi connectivity index (χ4v) is 1.48. The summed E-state index contributed by atoms with van der Waals surface area (Å²) in [5.74, 6) is 0. The second-order valence-corrected chi connectivity index (χ2v) is 3.81. The van der Waals surface area contributed by atoms with Gasteiger partial charge in [-0.1, -0.05) is 11.6 Å². The largest absolute Gasteiger partial charge is 0.358 e. The summed E-state index contributed by atoms with van der Waals surface area (Å²) >= 11 is 1.65. The number of hydrogen-bond acceptors (Lipinski definition) is 3. The van der Waals surface area contributed by atoms with E-state index in [2.05, 4.69) is 30.2 Å². The minimum atomic E-state index is 0.870. The lowest BCUT2D eigenvalue weighted by Gasteiger charge is -1.96. The van der Waals surface area contributed by atoms with Crippen molar-refractivity contribution >= 4 is 16.5 Å². The minimum absolute atomic E-state index is 0.870. The maximum absolute atomic E-state index is 4.29. The SMILES string of the molecule is CC(C)=CCNc1nc(C)cs1. The molecule has 0 fully saturated rings. The smallest absolute Gasteiger partial charge is 0.183 e. The second-order valence-electron chi connectivity index (χ2n) is 2.96. The number of nitrogens with one attached hydrogen (secondary N) is 1. The Hall–Kier alpha value is -0.830. The van der Waals surface area contributed by atoms with Crippen LogP contribution in [0.1, 0.15) is 19.5 Å². The maximum Gasteiger partial charge on any atom is 0.183 e. The van der Waals surface area contributed by atoms with Crippen LogP contribution in [-0.4, -0.2) is 11.5 Å². The van der Waals surface area contributed by atoms with Gasteiger partial charge < -0.3 is 5.32 Å². The van der Waals surface area contributed by atoms with E-state index in [0.717, 1.165) is 17.4 Å². The Morgan fingerprint density at radius 1 is 1.67 bits per heavy atom. The molecule has 1 aromatic heterocycles. The summed E-state index contributed by atoms with van der Waals surface area (Å²) < 4.78 is 0. The van der Waals surface area contributed by atoms with Gasteiger partial charge in [0.05, 0.1) is 5.69 Å². The monoisotopic (exact) mass is 182 g/mol. The lowest BCUT2D eigenvalue weighted by molar-refractivity contribution is 1.20. The number of aromatic nitrogens is 1. The summed E-state index contributed by atoms with van der Waals surface area (Å²) in [4.78, 5) is 4.29. The molecular weight excluding hydrogens is 168 g/mol. The van der Waals surface area contributed by atoms with Gasteiger partial charge in [0.1, 0.15) is 0 Å². The van der Waals surface area contributed by atoms with Crippen molar-refractivity contribution in [1.29, 1.82) is 0 Å². The van der Waals surface area contributed by atoms with Crippen LogP contribution in [0.4, 0.5) is 5.13 Å². The first kappa shape index (κ1) is 9.26.